The summed E-state index contributed by atoms with van der Waals surface area (Å²) >= 11 is 0. The topological polar surface area (TPSA) is 55.4 Å². The molecule has 0 radical (unpaired) electrons. The van der Waals surface area contributed by atoms with Crippen molar-refractivity contribution in [2.75, 3.05) is 7.11 Å². The van der Waals surface area contributed by atoms with Crippen LogP contribution in [0.3, 0.4) is 0 Å². The van der Waals surface area contributed by atoms with Gasteiger partial charge in [-0.1, -0.05) is 30.3 Å². The maximum absolute atomic E-state index is 13.2. The second kappa shape index (κ2) is 7.36. The molecule has 22 heavy (non-hydrogen) atoms. The minimum Gasteiger partial charge on any atom is -0.467 e. The van der Waals surface area contributed by atoms with Gasteiger partial charge in [-0.2, -0.15) is 0 Å². The van der Waals surface area contributed by atoms with E-state index in [4.69, 9.17) is 4.74 Å². The number of halogens is 1. The Morgan fingerprint density at radius 1 is 1.14 bits per heavy atom. The maximum Gasteiger partial charge on any atom is 0.328 e. The highest BCUT2D eigenvalue weighted by Gasteiger charge is 2.22. The molecule has 2 aromatic rings. The highest BCUT2D eigenvalue weighted by molar-refractivity contribution is 5.96. The molecule has 114 valence electrons. The minimum absolute atomic E-state index is 0.156. The first-order chi connectivity index (χ1) is 10.6. The summed E-state index contributed by atoms with van der Waals surface area (Å²) < 4.78 is 17.9. The van der Waals surface area contributed by atoms with Gasteiger partial charge < -0.3 is 10.1 Å². The number of ether oxygens (including phenoxy) is 1. The van der Waals surface area contributed by atoms with Crippen molar-refractivity contribution in [3.8, 4) is 0 Å². The lowest BCUT2D eigenvalue weighted by molar-refractivity contribution is -0.142. The van der Waals surface area contributed by atoms with E-state index in [1.165, 1.54) is 19.2 Å². The summed E-state index contributed by atoms with van der Waals surface area (Å²) in [5.74, 6) is -1.35. The zero-order valence-corrected chi connectivity index (χ0v) is 12.1. The number of amides is 1. The van der Waals surface area contributed by atoms with E-state index in [1.807, 2.05) is 0 Å². The van der Waals surface area contributed by atoms with Crippen molar-refractivity contribution in [2.24, 2.45) is 0 Å². The van der Waals surface area contributed by atoms with E-state index in [0.29, 0.717) is 11.1 Å². The van der Waals surface area contributed by atoms with Gasteiger partial charge in [-0.25, -0.2) is 9.18 Å². The Morgan fingerprint density at radius 2 is 1.86 bits per heavy atom. The molecule has 1 atom stereocenters. The van der Waals surface area contributed by atoms with E-state index < -0.39 is 17.8 Å². The van der Waals surface area contributed by atoms with Crippen LogP contribution < -0.4 is 5.32 Å². The molecule has 0 bridgehead atoms. The summed E-state index contributed by atoms with van der Waals surface area (Å²) in [7, 11) is 1.25. The Morgan fingerprint density at radius 3 is 2.50 bits per heavy atom. The predicted octanol–water partition coefficient (Wildman–Crippen LogP) is 2.34. The average molecular weight is 301 g/mol. The van der Waals surface area contributed by atoms with Gasteiger partial charge in [0.15, 0.2) is 0 Å². The highest BCUT2D eigenvalue weighted by atomic mass is 19.1. The molecule has 0 spiro atoms. The smallest absolute Gasteiger partial charge is 0.328 e. The molecule has 1 amide bonds. The Hall–Kier alpha value is -2.69. The van der Waals surface area contributed by atoms with Crippen LogP contribution in [0.1, 0.15) is 15.9 Å². The highest BCUT2D eigenvalue weighted by Crippen LogP contribution is 2.08. The van der Waals surface area contributed by atoms with E-state index in [-0.39, 0.29) is 12.3 Å². The first-order valence-electron chi connectivity index (χ1n) is 6.78. The molecule has 0 fully saturated rings. The number of esters is 1. The Labute approximate surface area is 127 Å². The molecule has 0 saturated heterocycles. The fraction of sp³-hybridized carbons (Fsp3) is 0.176. The number of carbonyl (C=O) groups excluding carboxylic acids is 2. The van der Waals surface area contributed by atoms with Crippen molar-refractivity contribution in [3.05, 3.63) is 71.5 Å². The third kappa shape index (κ3) is 4.15. The van der Waals surface area contributed by atoms with Crippen LogP contribution in [0.5, 0.6) is 0 Å². The van der Waals surface area contributed by atoms with Crippen molar-refractivity contribution in [2.45, 2.75) is 12.5 Å². The molecule has 0 aliphatic carbocycles. The SMILES string of the molecule is COC(=O)[C@H](Cc1cccc(F)c1)NC(=O)c1ccccc1. The molecule has 1 N–H and O–H groups in total. The van der Waals surface area contributed by atoms with Gasteiger partial charge in [-0.15, -0.1) is 0 Å². The molecule has 4 nitrogen and oxygen atoms in total. The quantitative estimate of drug-likeness (QED) is 0.862. The summed E-state index contributed by atoms with van der Waals surface area (Å²) in [5.41, 5.74) is 1.04. The van der Waals surface area contributed by atoms with Gasteiger partial charge in [0.25, 0.3) is 5.91 Å². The van der Waals surface area contributed by atoms with Crippen molar-refractivity contribution < 1.29 is 18.7 Å². The molecule has 0 aliphatic heterocycles. The number of nitrogens with one attached hydrogen (secondary N) is 1. The van der Waals surface area contributed by atoms with E-state index >= 15 is 0 Å². The molecule has 0 aromatic heterocycles. The van der Waals surface area contributed by atoms with E-state index in [1.54, 1.807) is 42.5 Å². The number of rotatable bonds is 5. The van der Waals surface area contributed by atoms with Crippen LogP contribution in [-0.4, -0.2) is 25.0 Å². The van der Waals surface area contributed by atoms with Gasteiger partial charge in [0.05, 0.1) is 7.11 Å². The first-order valence-corrected chi connectivity index (χ1v) is 6.78. The normalized spacial score (nSPS) is 11.5. The molecule has 0 saturated carbocycles. The van der Waals surface area contributed by atoms with Crippen LogP contribution in [0.2, 0.25) is 0 Å². The number of carbonyl (C=O) groups is 2. The van der Waals surface area contributed by atoms with Crippen LogP contribution in [0.25, 0.3) is 0 Å². The van der Waals surface area contributed by atoms with E-state index in [0.717, 1.165) is 0 Å². The zero-order chi connectivity index (χ0) is 15.9. The van der Waals surface area contributed by atoms with E-state index in [2.05, 4.69) is 5.32 Å². The molecule has 0 aliphatic rings. The Bertz CT molecular complexity index is 658. The van der Waals surface area contributed by atoms with Crippen LogP contribution in [0.15, 0.2) is 54.6 Å². The summed E-state index contributed by atoms with van der Waals surface area (Å²) in [5, 5.41) is 2.62. The van der Waals surface area contributed by atoms with Gasteiger partial charge in [0.2, 0.25) is 0 Å². The molecule has 5 heteroatoms. The van der Waals surface area contributed by atoms with Gasteiger partial charge in [0.1, 0.15) is 11.9 Å². The fourth-order valence-electron chi connectivity index (χ4n) is 2.07. The summed E-state index contributed by atoms with van der Waals surface area (Å²) in [6.07, 6.45) is 0.156. The van der Waals surface area contributed by atoms with Crippen LogP contribution in [-0.2, 0) is 16.0 Å². The first kappa shape index (κ1) is 15.7. The largest absolute Gasteiger partial charge is 0.467 e. The van der Waals surface area contributed by atoms with Crippen LogP contribution in [0, 0.1) is 5.82 Å². The molecule has 2 aromatic carbocycles. The van der Waals surface area contributed by atoms with Gasteiger partial charge in [-0.05, 0) is 29.8 Å². The lowest BCUT2D eigenvalue weighted by Gasteiger charge is -2.16. The molecule has 2 rings (SSSR count). The molecule has 0 unspecified atom stereocenters. The lowest BCUT2D eigenvalue weighted by Crippen LogP contribution is -2.43. The van der Waals surface area contributed by atoms with Gasteiger partial charge in [0, 0.05) is 12.0 Å². The molecular weight excluding hydrogens is 285 g/mol. The van der Waals surface area contributed by atoms with Crippen molar-refractivity contribution in [1.82, 2.24) is 5.32 Å². The third-order valence-corrected chi connectivity index (χ3v) is 3.16. The summed E-state index contributed by atoms with van der Waals surface area (Å²) in [4.78, 5) is 24.0. The average Bonchev–Trinajstić information content (AvgIpc) is 2.54. The summed E-state index contributed by atoms with van der Waals surface area (Å²) in [6.45, 7) is 0. The standard InChI is InChI=1S/C17H16FNO3/c1-22-17(21)15(11-12-6-5-9-14(18)10-12)19-16(20)13-7-3-2-4-8-13/h2-10,15H,11H2,1H3,(H,19,20)/t15-/m0/s1. The lowest BCUT2D eigenvalue weighted by atomic mass is 10.1. The number of hydrogen-bond donors (Lipinski definition) is 1. The Kier molecular flexibility index (Phi) is 5.25. The Balaban J connectivity index is 2.13. The van der Waals surface area contributed by atoms with Crippen molar-refractivity contribution in [1.29, 1.82) is 0 Å². The maximum atomic E-state index is 13.2. The van der Waals surface area contributed by atoms with Crippen LogP contribution >= 0.6 is 0 Å². The fourth-order valence-corrected chi connectivity index (χ4v) is 2.07. The van der Waals surface area contributed by atoms with Gasteiger partial charge >= 0.3 is 5.97 Å². The van der Waals surface area contributed by atoms with Gasteiger partial charge in [-0.3, -0.25) is 4.79 Å². The number of methoxy groups -OCH3 is 1. The van der Waals surface area contributed by atoms with E-state index in [9.17, 15) is 14.0 Å². The number of hydrogen-bond acceptors (Lipinski definition) is 3. The monoisotopic (exact) mass is 301 g/mol. The van der Waals surface area contributed by atoms with Crippen LogP contribution in [0.4, 0.5) is 4.39 Å². The zero-order valence-electron chi connectivity index (χ0n) is 12.1. The summed E-state index contributed by atoms with van der Waals surface area (Å²) in [6, 6.07) is 13.6. The molecular formula is C17H16FNO3. The predicted molar refractivity (Wildman–Crippen MR) is 79.8 cm³/mol. The second-order valence-electron chi connectivity index (χ2n) is 4.75. The second-order valence-corrected chi connectivity index (χ2v) is 4.75. The number of benzene rings is 2. The minimum atomic E-state index is -0.875. The third-order valence-electron chi connectivity index (χ3n) is 3.16. The van der Waals surface area contributed by atoms with Crippen molar-refractivity contribution >= 4 is 11.9 Å². The molecule has 0 heterocycles. The van der Waals surface area contributed by atoms with Crippen molar-refractivity contribution in [3.63, 3.8) is 0 Å².